The number of fused-ring (bicyclic) bond motifs is 1. The van der Waals surface area contributed by atoms with Crippen LogP contribution in [-0.2, 0) is 6.54 Å². The first-order valence-electron chi connectivity index (χ1n) is 7.43. The molecule has 1 heterocycles. The number of benzene rings is 2. The van der Waals surface area contributed by atoms with E-state index in [0.717, 1.165) is 27.7 Å². The van der Waals surface area contributed by atoms with Crippen LogP contribution in [0, 0.1) is 13.8 Å². The average Bonchev–Trinajstić information content (AvgIpc) is 2.95. The molecule has 3 aromatic rings. The Kier molecular flexibility index (Phi) is 4.39. The van der Waals surface area contributed by atoms with Gasteiger partial charge in [-0.25, -0.2) is 4.98 Å². The minimum Gasteiger partial charge on any atom is -0.493 e. The quantitative estimate of drug-likeness (QED) is 0.746. The summed E-state index contributed by atoms with van der Waals surface area (Å²) in [7, 11) is 3.29. The molecule has 0 bridgehead atoms. The van der Waals surface area contributed by atoms with E-state index in [4.69, 9.17) is 14.5 Å². The number of ether oxygens (including phenoxy) is 2. The molecule has 1 N–H and O–H groups in total. The molecule has 1 aromatic heterocycles. The number of nitrogens with one attached hydrogen (secondary N) is 1. The summed E-state index contributed by atoms with van der Waals surface area (Å²) in [6.45, 7) is 4.91. The monoisotopic (exact) mass is 328 g/mol. The van der Waals surface area contributed by atoms with Crippen molar-refractivity contribution in [2.75, 3.05) is 19.5 Å². The van der Waals surface area contributed by atoms with Crippen LogP contribution < -0.4 is 14.8 Å². The highest BCUT2D eigenvalue weighted by Crippen LogP contribution is 2.31. The van der Waals surface area contributed by atoms with Crippen molar-refractivity contribution in [1.82, 2.24) is 4.98 Å². The molecule has 0 saturated carbocycles. The van der Waals surface area contributed by atoms with Gasteiger partial charge in [-0.2, -0.15) is 0 Å². The molecule has 0 aliphatic rings. The fourth-order valence-corrected chi connectivity index (χ4v) is 3.65. The summed E-state index contributed by atoms with van der Waals surface area (Å²) in [6, 6.07) is 10.3. The van der Waals surface area contributed by atoms with Crippen molar-refractivity contribution >= 4 is 26.7 Å². The van der Waals surface area contributed by atoms with Gasteiger partial charge in [0.1, 0.15) is 0 Å². The van der Waals surface area contributed by atoms with Gasteiger partial charge in [-0.3, -0.25) is 0 Å². The highest BCUT2D eigenvalue weighted by molar-refractivity contribution is 7.22. The van der Waals surface area contributed by atoms with Crippen molar-refractivity contribution in [3.63, 3.8) is 0 Å². The Bertz CT molecular complexity index is 842. The summed E-state index contributed by atoms with van der Waals surface area (Å²) < 4.78 is 11.8. The van der Waals surface area contributed by atoms with Crippen LogP contribution in [0.3, 0.4) is 0 Å². The van der Waals surface area contributed by atoms with Gasteiger partial charge in [-0.15, -0.1) is 0 Å². The molecule has 23 heavy (non-hydrogen) atoms. The minimum atomic E-state index is 0.693. The maximum absolute atomic E-state index is 5.34. The van der Waals surface area contributed by atoms with E-state index < -0.39 is 0 Å². The van der Waals surface area contributed by atoms with Crippen LogP contribution in [0.4, 0.5) is 5.13 Å². The Hall–Kier alpha value is -2.27. The van der Waals surface area contributed by atoms with Crippen LogP contribution in [0.25, 0.3) is 10.2 Å². The fraction of sp³-hybridized carbons (Fsp3) is 0.278. The van der Waals surface area contributed by atoms with Crippen LogP contribution in [-0.4, -0.2) is 19.2 Å². The maximum Gasteiger partial charge on any atom is 0.184 e. The lowest BCUT2D eigenvalue weighted by molar-refractivity contribution is 0.354. The van der Waals surface area contributed by atoms with Crippen LogP contribution >= 0.6 is 11.3 Å². The summed E-state index contributed by atoms with van der Waals surface area (Å²) >= 11 is 1.68. The van der Waals surface area contributed by atoms with Crippen LogP contribution in [0.2, 0.25) is 0 Å². The summed E-state index contributed by atoms with van der Waals surface area (Å²) in [6.07, 6.45) is 0. The number of thiazole rings is 1. The van der Waals surface area contributed by atoms with Gasteiger partial charge in [0.05, 0.1) is 24.4 Å². The van der Waals surface area contributed by atoms with E-state index in [0.29, 0.717) is 6.54 Å². The Balaban J connectivity index is 1.79. The van der Waals surface area contributed by atoms with E-state index in [-0.39, 0.29) is 0 Å². The van der Waals surface area contributed by atoms with E-state index in [1.807, 2.05) is 18.2 Å². The van der Waals surface area contributed by atoms with E-state index in [2.05, 4.69) is 31.3 Å². The third-order valence-electron chi connectivity index (χ3n) is 3.72. The van der Waals surface area contributed by atoms with E-state index >= 15 is 0 Å². The number of rotatable bonds is 5. The van der Waals surface area contributed by atoms with Gasteiger partial charge in [0.15, 0.2) is 16.6 Å². The molecule has 4 nitrogen and oxygen atoms in total. The topological polar surface area (TPSA) is 43.4 Å². The second-order valence-corrected chi connectivity index (χ2v) is 6.52. The molecule has 0 fully saturated rings. The highest BCUT2D eigenvalue weighted by Gasteiger charge is 2.08. The Morgan fingerprint density at radius 2 is 1.83 bits per heavy atom. The molecule has 0 amide bonds. The molecular weight excluding hydrogens is 308 g/mol. The van der Waals surface area contributed by atoms with Crippen LogP contribution in [0.5, 0.6) is 11.5 Å². The molecular formula is C18H20N2O2S. The number of hydrogen-bond donors (Lipinski definition) is 1. The third-order valence-corrected chi connectivity index (χ3v) is 4.68. The predicted octanol–water partition coefficient (Wildman–Crippen LogP) is 4.54. The molecule has 120 valence electrons. The Morgan fingerprint density at radius 1 is 1.04 bits per heavy atom. The Morgan fingerprint density at radius 3 is 2.57 bits per heavy atom. The van der Waals surface area contributed by atoms with E-state index in [9.17, 15) is 0 Å². The van der Waals surface area contributed by atoms with Crippen molar-refractivity contribution in [1.29, 1.82) is 0 Å². The van der Waals surface area contributed by atoms with Crippen LogP contribution in [0.1, 0.15) is 16.7 Å². The SMILES string of the molecule is COc1ccc(CNc2nc3c(C)cc(C)cc3s2)cc1OC. The van der Waals surface area contributed by atoms with Gasteiger partial charge in [-0.1, -0.05) is 23.5 Å². The molecule has 5 heteroatoms. The van der Waals surface area contributed by atoms with Crippen molar-refractivity contribution in [2.45, 2.75) is 20.4 Å². The van der Waals surface area contributed by atoms with Gasteiger partial charge in [0.25, 0.3) is 0 Å². The first-order chi connectivity index (χ1) is 11.1. The van der Waals surface area contributed by atoms with Crippen molar-refractivity contribution < 1.29 is 9.47 Å². The van der Waals surface area contributed by atoms with Gasteiger partial charge < -0.3 is 14.8 Å². The maximum atomic E-state index is 5.34. The lowest BCUT2D eigenvalue weighted by Gasteiger charge is -2.09. The number of hydrogen-bond acceptors (Lipinski definition) is 5. The number of nitrogens with zero attached hydrogens (tertiary/aromatic N) is 1. The molecule has 0 aliphatic carbocycles. The standard InChI is InChI=1S/C18H20N2O2S/c1-11-7-12(2)17-16(8-11)23-18(20-17)19-10-13-5-6-14(21-3)15(9-13)22-4/h5-9H,10H2,1-4H3,(H,19,20). The highest BCUT2D eigenvalue weighted by atomic mass is 32.1. The molecule has 2 aromatic carbocycles. The predicted molar refractivity (Wildman–Crippen MR) is 96.0 cm³/mol. The molecule has 0 atom stereocenters. The van der Waals surface area contributed by atoms with E-state index in [1.165, 1.54) is 15.8 Å². The molecule has 0 unspecified atom stereocenters. The van der Waals surface area contributed by atoms with Crippen molar-refractivity contribution in [2.24, 2.45) is 0 Å². The van der Waals surface area contributed by atoms with Gasteiger partial charge in [0.2, 0.25) is 0 Å². The normalized spacial score (nSPS) is 10.8. The average molecular weight is 328 g/mol. The smallest absolute Gasteiger partial charge is 0.184 e. The van der Waals surface area contributed by atoms with Gasteiger partial charge in [0, 0.05) is 6.54 Å². The summed E-state index contributed by atoms with van der Waals surface area (Å²) in [5.74, 6) is 1.48. The number of methoxy groups -OCH3 is 2. The first-order valence-corrected chi connectivity index (χ1v) is 8.25. The van der Waals surface area contributed by atoms with Gasteiger partial charge >= 0.3 is 0 Å². The number of aromatic nitrogens is 1. The zero-order valence-electron chi connectivity index (χ0n) is 13.8. The summed E-state index contributed by atoms with van der Waals surface area (Å²) in [5, 5.41) is 4.33. The van der Waals surface area contributed by atoms with Crippen molar-refractivity contribution in [3.05, 3.63) is 47.0 Å². The molecule has 0 spiro atoms. The minimum absolute atomic E-state index is 0.693. The lowest BCUT2D eigenvalue weighted by atomic mass is 10.1. The summed E-state index contributed by atoms with van der Waals surface area (Å²) in [4.78, 5) is 4.70. The first kappa shape index (κ1) is 15.6. The Labute approximate surface area is 140 Å². The third kappa shape index (κ3) is 3.24. The van der Waals surface area contributed by atoms with Crippen LogP contribution in [0.15, 0.2) is 30.3 Å². The zero-order chi connectivity index (χ0) is 16.4. The van der Waals surface area contributed by atoms with Gasteiger partial charge in [-0.05, 0) is 48.7 Å². The molecule has 0 saturated heterocycles. The zero-order valence-corrected chi connectivity index (χ0v) is 14.6. The molecule has 3 rings (SSSR count). The summed E-state index contributed by atoms with van der Waals surface area (Å²) in [5.41, 5.74) is 4.69. The second-order valence-electron chi connectivity index (χ2n) is 5.49. The van der Waals surface area contributed by atoms with E-state index in [1.54, 1.807) is 25.6 Å². The fourth-order valence-electron chi connectivity index (χ4n) is 2.61. The lowest BCUT2D eigenvalue weighted by Crippen LogP contribution is -2.00. The molecule has 0 radical (unpaired) electrons. The number of anilines is 1. The van der Waals surface area contributed by atoms with Crippen molar-refractivity contribution in [3.8, 4) is 11.5 Å². The largest absolute Gasteiger partial charge is 0.493 e. The number of aryl methyl sites for hydroxylation is 2. The second kappa shape index (κ2) is 6.46. The molecule has 0 aliphatic heterocycles.